The van der Waals surface area contributed by atoms with Gasteiger partial charge in [0.05, 0.1) is 14.2 Å². The van der Waals surface area contributed by atoms with Crippen LogP contribution in [-0.2, 0) is 10.0 Å². The lowest BCUT2D eigenvalue weighted by Gasteiger charge is -2.32. The van der Waals surface area contributed by atoms with E-state index in [0.717, 1.165) is 25.1 Å². The average molecular weight is 396 g/mol. The Kier molecular flexibility index (Phi) is 5.76. The summed E-state index contributed by atoms with van der Waals surface area (Å²) >= 11 is 0. The van der Waals surface area contributed by atoms with E-state index in [9.17, 15) is 12.8 Å². The van der Waals surface area contributed by atoms with Crippen molar-refractivity contribution in [3.8, 4) is 11.5 Å². The predicted molar refractivity (Wildman–Crippen MR) is 97.1 cm³/mol. The number of hydrogen-bond acceptors (Lipinski definition) is 7. The highest BCUT2D eigenvalue weighted by Gasteiger charge is 2.29. The molecule has 0 amide bonds. The molecule has 27 heavy (non-hydrogen) atoms. The van der Waals surface area contributed by atoms with Crippen LogP contribution in [0, 0.1) is 5.82 Å². The van der Waals surface area contributed by atoms with Gasteiger partial charge in [0.15, 0.2) is 11.5 Å². The molecule has 2 aromatic rings. The second-order valence-electron chi connectivity index (χ2n) is 6.09. The number of hydrogen-bond donors (Lipinski definition) is 1. The summed E-state index contributed by atoms with van der Waals surface area (Å²) in [4.78, 5) is 9.82. The Morgan fingerprint density at radius 3 is 2.52 bits per heavy atom. The van der Waals surface area contributed by atoms with E-state index in [4.69, 9.17) is 9.47 Å². The minimum Gasteiger partial charge on any atom is -0.493 e. The van der Waals surface area contributed by atoms with Crippen molar-refractivity contribution in [1.82, 2.24) is 14.7 Å². The first-order valence-corrected chi connectivity index (χ1v) is 9.88. The van der Waals surface area contributed by atoms with Gasteiger partial charge in [-0.05, 0) is 18.9 Å². The summed E-state index contributed by atoms with van der Waals surface area (Å²) in [5.74, 6) is -0.0980. The molecule has 1 N–H and O–H groups in total. The molecule has 1 saturated heterocycles. The van der Waals surface area contributed by atoms with Gasteiger partial charge in [-0.25, -0.2) is 27.5 Å². The Hall–Kier alpha value is -2.46. The van der Waals surface area contributed by atoms with Gasteiger partial charge in [-0.1, -0.05) is 0 Å². The van der Waals surface area contributed by atoms with E-state index in [1.54, 1.807) is 18.5 Å². The molecule has 1 aliphatic rings. The molecule has 1 fully saturated rings. The molecule has 146 valence electrons. The standard InChI is InChI=1S/C17H21FN4O4S/c1-25-14-9-13(18)16(10-15(14)26-2)27(23,24)21-12-5-3-8-22(11-12)17-19-6-4-7-20-17/h4,6-7,9-10,12,21H,3,5,8,11H2,1-2H3. The van der Waals surface area contributed by atoms with Crippen LogP contribution in [0.1, 0.15) is 12.8 Å². The molecule has 8 nitrogen and oxygen atoms in total. The third kappa shape index (κ3) is 4.28. The average Bonchev–Trinajstić information content (AvgIpc) is 2.68. The number of halogens is 1. The number of nitrogens with one attached hydrogen (secondary N) is 1. The van der Waals surface area contributed by atoms with Crippen LogP contribution in [0.5, 0.6) is 11.5 Å². The van der Waals surface area contributed by atoms with Crippen molar-refractivity contribution in [3.05, 3.63) is 36.4 Å². The molecule has 0 bridgehead atoms. The van der Waals surface area contributed by atoms with E-state index in [1.807, 2.05) is 4.90 Å². The van der Waals surface area contributed by atoms with Crippen LogP contribution in [-0.4, -0.2) is 51.7 Å². The zero-order valence-corrected chi connectivity index (χ0v) is 15.9. The molecule has 2 heterocycles. The lowest BCUT2D eigenvalue weighted by atomic mass is 10.1. The second-order valence-corrected chi connectivity index (χ2v) is 7.78. The molecule has 0 radical (unpaired) electrons. The molecule has 1 atom stereocenters. The molecular formula is C17H21FN4O4S. The lowest BCUT2D eigenvalue weighted by Crippen LogP contribution is -2.48. The zero-order valence-electron chi connectivity index (χ0n) is 15.1. The van der Waals surface area contributed by atoms with Crippen LogP contribution in [0.2, 0.25) is 0 Å². The molecular weight excluding hydrogens is 375 g/mol. The highest BCUT2D eigenvalue weighted by Crippen LogP contribution is 2.32. The summed E-state index contributed by atoms with van der Waals surface area (Å²) in [7, 11) is -1.37. The van der Waals surface area contributed by atoms with Crippen molar-refractivity contribution >= 4 is 16.0 Å². The first-order chi connectivity index (χ1) is 12.9. The summed E-state index contributed by atoms with van der Waals surface area (Å²) in [5, 5.41) is 0. The van der Waals surface area contributed by atoms with E-state index in [-0.39, 0.29) is 17.5 Å². The zero-order chi connectivity index (χ0) is 19.4. The minimum absolute atomic E-state index is 0.124. The number of anilines is 1. The third-order valence-corrected chi connectivity index (χ3v) is 5.84. The maximum atomic E-state index is 14.4. The molecule has 1 aromatic heterocycles. The monoisotopic (exact) mass is 396 g/mol. The number of ether oxygens (including phenoxy) is 2. The van der Waals surface area contributed by atoms with E-state index >= 15 is 0 Å². The van der Waals surface area contributed by atoms with Gasteiger partial charge in [0.2, 0.25) is 16.0 Å². The maximum Gasteiger partial charge on any atom is 0.243 e. The van der Waals surface area contributed by atoms with Crippen molar-refractivity contribution in [3.63, 3.8) is 0 Å². The van der Waals surface area contributed by atoms with Gasteiger partial charge in [-0.15, -0.1) is 0 Å². The molecule has 0 aliphatic carbocycles. The Balaban J connectivity index is 1.80. The summed E-state index contributed by atoms with van der Waals surface area (Å²) in [6.45, 7) is 1.13. The highest BCUT2D eigenvalue weighted by molar-refractivity contribution is 7.89. The Labute approximate surface area is 157 Å². The Morgan fingerprint density at radius 2 is 1.85 bits per heavy atom. The molecule has 1 unspecified atom stereocenters. The van der Waals surface area contributed by atoms with Crippen LogP contribution in [0.15, 0.2) is 35.5 Å². The van der Waals surface area contributed by atoms with Gasteiger partial charge in [0, 0.05) is 43.7 Å². The van der Waals surface area contributed by atoms with Gasteiger partial charge < -0.3 is 14.4 Å². The first kappa shape index (κ1) is 19.3. The minimum atomic E-state index is -4.08. The van der Waals surface area contributed by atoms with Gasteiger partial charge >= 0.3 is 0 Å². The van der Waals surface area contributed by atoms with Crippen LogP contribution < -0.4 is 19.1 Å². The largest absolute Gasteiger partial charge is 0.493 e. The Morgan fingerprint density at radius 1 is 1.19 bits per heavy atom. The number of nitrogens with zero attached hydrogens (tertiary/aromatic N) is 3. The van der Waals surface area contributed by atoms with Crippen LogP contribution >= 0.6 is 0 Å². The topological polar surface area (TPSA) is 93.7 Å². The fourth-order valence-corrected chi connectivity index (χ4v) is 4.37. The fraction of sp³-hybridized carbons (Fsp3) is 0.412. The quantitative estimate of drug-likeness (QED) is 0.792. The van der Waals surface area contributed by atoms with Crippen molar-refractivity contribution in [2.75, 3.05) is 32.2 Å². The summed E-state index contributed by atoms with van der Waals surface area (Å²) in [6, 6.07) is 3.45. The van der Waals surface area contributed by atoms with Crippen molar-refractivity contribution in [1.29, 1.82) is 0 Å². The van der Waals surface area contributed by atoms with Crippen LogP contribution in [0.3, 0.4) is 0 Å². The molecule has 0 saturated carbocycles. The highest BCUT2D eigenvalue weighted by atomic mass is 32.2. The maximum absolute atomic E-state index is 14.4. The first-order valence-electron chi connectivity index (χ1n) is 8.40. The van der Waals surface area contributed by atoms with Crippen molar-refractivity contribution < 1.29 is 22.3 Å². The molecule has 0 spiro atoms. The van der Waals surface area contributed by atoms with Crippen LogP contribution in [0.25, 0.3) is 0 Å². The number of sulfonamides is 1. The van der Waals surface area contributed by atoms with Gasteiger partial charge in [-0.2, -0.15) is 0 Å². The Bertz CT molecular complexity index is 895. The van der Waals surface area contributed by atoms with E-state index in [0.29, 0.717) is 18.9 Å². The van der Waals surface area contributed by atoms with Gasteiger partial charge in [0.1, 0.15) is 10.7 Å². The SMILES string of the molecule is COc1cc(F)c(S(=O)(=O)NC2CCCN(c3ncccn3)C2)cc1OC. The smallest absolute Gasteiger partial charge is 0.243 e. The second kappa shape index (κ2) is 8.05. The van der Waals surface area contributed by atoms with Crippen LogP contribution in [0.4, 0.5) is 10.3 Å². The van der Waals surface area contributed by atoms with E-state index in [1.165, 1.54) is 14.2 Å². The third-order valence-electron chi connectivity index (χ3n) is 4.31. The molecule has 10 heteroatoms. The number of aromatic nitrogens is 2. The number of benzene rings is 1. The van der Waals surface area contributed by atoms with Gasteiger partial charge in [0.25, 0.3) is 0 Å². The predicted octanol–water partition coefficient (Wildman–Crippen LogP) is 1.58. The molecule has 1 aliphatic heterocycles. The fourth-order valence-electron chi connectivity index (χ4n) is 3.03. The molecule has 1 aromatic carbocycles. The number of rotatable bonds is 6. The van der Waals surface area contributed by atoms with E-state index < -0.39 is 20.7 Å². The van der Waals surface area contributed by atoms with Gasteiger partial charge in [-0.3, -0.25) is 0 Å². The van der Waals surface area contributed by atoms with Crippen molar-refractivity contribution in [2.24, 2.45) is 0 Å². The summed E-state index contributed by atoms with van der Waals surface area (Å²) in [6.07, 6.45) is 4.67. The lowest BCUT2D eigenvalue weighted by molar-refractivity contribution is 0.350. The summed E-state index contributed by atoms with van der Waals surface area (Å²) < 4.78 is 52.5. The van der Waals surface area contributed by atoms with E-state index in [2.05, 4.69) is 14.7 Å². The number of piperidine rings is 1. The molecule has 3 rings (SSSR count). The van der Waals surface area contributed by atoms with Crippen molar-refractivity contribution in [2.45, 2.75) is 23.8 Å². The normalized spacial score (nSPS) is 17.6. The summed E-state index contributed by atoms with van der Waals surface area (Å²) in [5.41, 5.74) is 0. The number of methoxy groups -OCH3 is 2.